The molecule has 0 spiro atoms. The number of carbonyl (C=O) groups is 2. The Labute approximate surface area is 146 Å². The first-order chi connectivity index (χ1) is 11.6. The molecule has 1 N–H and O–H groups in total. The second-order valence-corrected chi connectivity index (χ2v) is 6.69. The molecule has 1 saturated carbocycles. The molecule has 0 aliphatic heterocycles. The Kier molecular flexibility index (Phi) is 10.9. The number of aliphatic hydroxyl groups is 1. The highest BCUT2D eigenvalue weighted by molar-refractivity contribution is 5.83. The molecule has 1 fully saturated rings. The van der Waals surface area contributed by atoms with Crippen LogP contribution in [0.4, 0.5) is 0 Å². The maximum atomic E-state index is 12.1. The number of hydrogen-bond acceptors (Lipinski definition) is 5. The summed E-state index contributed by atoms with van der Waals surface area (Å²) in [5, 5.41) is 9.43. The van der Waals surface area contributed by atoms with Crippen LogP contribution in [0.5, 0.6) is 0 Å². The highest BCUT2D eigenvalue weighted by Crippen LogP contribution is 2.36. The maximum Gasteiger partial charge on any atom is 0.363 e. The Morgan fingerprint density at radius 1 is 1.17 bits per heavy atom. The minimum Gasteiger partial charge on any atom is -0.462 e. The van der Waals surface area contributed by atoms with Gasteiger partial charge in [0.05, 0.1) is 13.2 Å². The molecule has 1 aliphatic rings. The van der Waals surface area contributed by atoms with Gasteiger partial charge in [0.25, 0.3) is 6.29 Å². The highest BCUT2D eigenvalue weighted by Gasteiger charge is 2.33. The molecule has 0 amide bonds. The Hall–Kier alpha value is -0.940. The van der Waals surface area contributed by atoms with Gasteiger partial charge in [0.2, 0.25) is 0 Å². The minimum atomic E-state index is -1.50. The predicted molar refractivity (Wildman–Crippen MR) is 92.4 cm³/mol. The highest BCUT2D eigenvalue weighted by atomic mass is 16.6. The van der Waals surface area contributed by atoms with Crippen molar-refractivity contribution in [3.8, 4) is 0 Å². The second kappa shape index (κ2) is 12.4. The Balaban J connectivity index is 2.17. The molecular formula is C19H34O5. The Morgan fingerprint density at radius 3 is 2.62 bits per heavy atom. The summed E-state index contributed by atoms with van der Waals surface area (Å²) >= 11 is 0. The summed E-state index contributed by atoms with van der Waals surface area (Å²) in [6.45, 7) is 4.43. The first-order valence-corrected chi connectivity index (χ1v) is 9.59. The van der Waals surface area contributed by atoms with E-state index in [4.69, 9.17) is 4.74 Å². The van der Waals surface area contributed by atoms with Crippen LogP contribution >= 0.6 is 0 Å². The fourth-order valence-electron chi connectivity index (χ4n) is 3.50. The zero-order valence-electron chi connectivity index (χ0n) is 15.3. The molecule has 0 saturated heterocycles. The van der Waals surface area contributed by atoms with Crippen LogP contribution < -0.4 is 0 Å². The van der Waals surface area contributed by atoms with E-state index in [0.29, 0.717) is 18.3 Å². The predicted octanol–water partition coefficient (Wildman–Crippen LogP) is 3.62. The van der Waals surface area contributed by atoms with E-state index in [9.17, 15) is 14.7 Å². The van der Waals surface area contributed by atoms with Gasteiger partial charge in [-0.2, -0.15) is 0 Å². The lowest BCUT2D eigenvalue weighted by Gasteiger charge is -2.18. The largest absolute Gasteiger partial charge is 0.462 e. The molecule has 0 aromatic carbocycles. The topological polar surface area (TPSA) is 72.8 Å². The monoisotopic (exact) mass is 342 g/mol. The van der Waals surface area contributed by atoms with Gasteiger partial charge in [-0.15, -0.1) is 0 Å². The van der Waals surface area contributed by atoms with Crippen molar-refractivity contribution in [3.63, 3.8) is 0 Å². The third kappa shape index (κ3) is 7.75. The number of ketones is 1. The fourth-order valence-corrected chi connectivity index (χ4v) is 3.50. The molecule has 0 radical (unpaired) electrons. The van der Waals surface area contributed by atoms with E-state index in [0.717, 1.165) is 32.1 Å². The minimum absolute atomic E-state index is 0.210. The maximum absolute atomic E-state index is 12.1. The molecule has 1 aliphatic carbocycles. The van der Waals surface area contributed by atoms with E-state index in [1.807, 2.05) is 0 Å². The van der Waals surface area contributed by atoms with Crippen molar-refractivity contribution >= 4 is 11.8 Å². The van der Waals surface area contributed by atoms with Crippen molar-refractivity contribution < 1.29 is 24.2 Å². The van der Waals surface area contributed by atoms with Crippen LogP contribution in [0.25, 0.3) is 0 Å². The standard InChI is InChI=1S/C19H34O5/c1-3-5-6-7-10-15-12-13-17(20)16(15)11-8-9-14-24-19(22)18(21)23-4-2/h15-16,19,22H,3-14H2,1-2H3/t15-,16+,19?/m0/s1. The Bertz CT molecular complexity index is 369. The first-order valence-electron chi connectivity index (χ1n) is 9.59. The van der Waals surface area contributed by atoms with Crippen molar-refractivity contribution in [1.82, 2.24) is 0 Å². The van der Waals surface area contributed by atoms with Crippen LogP contribution in [0.1, 0.15) is 78.1 Å². The van der Waals surface area contributed by atoms with E-state index < -0.39 is 12.3 Å². The average Bonchev–Trinajstić information content (AvgIpc) is 2.91. The lowest BCUT2D eigenvalue weighted by molar-refractivity contribution is -0.182. The number of esters is 1. The summed E-state index contributed by atoms with van der Waals surface area (Å²) < 4.78 is 9.73. The molecule has 0 heterocycles. The summed E-state index contributed by atoms with van der Waals surface area (Å²) in [4.78, 5) is 23.3. The molecule has 0 aromatic heterocycles. The SMILES string of the molecule is CCCCCC[C@H]1CCC(=O)[C@@H]1CCCCOC(O)C(=O)OCC. The van der Waals surface area contributed by atoms with Crippen LogP contribution in [-0.4, -0.2) is 36.4 Å². The summed E-state index contributed by atoms with van der Waals surface area (Å²) in [7, 11) is 0. The summed E-state index contributed by atoms with van der Waals surface area (Å²) in [5.41, 5.74) is 0. The van der Waals surface area contributed by atoms with E-state index in [-0.39, 0.29) is 12.5 Å². The number of hydrogen-bond donors (Lipinski definition) is 1. The molecule has 0 bridgehead atoms. The molecular weight excluding hydrogens is 308 g/mol. The quantitative estimate of drug-likeness (QED) is 0.314. The van der Waals surface area contributed by atoms with Gasteiger partial charge in [0.1, 0.15) is 5.78 Å². The van der Waals surface area contributed by atoms with E-state index in [1.165, 1.54) is 32.1 Å². The van der Waals surface area contributed by atoms with E-state index in [1.54, 1.807) is 6.92 Å². The zero-order chi connectivity index (χ0) is 17.8. The van der Waals surface area contributed by atoms with Crippen LogP contribution in [0.2, 0.25) is 0 Å². The number of carbonyl (C=O) groups excluding carboxylic acids is 2. The smallest absolute Gasteiger partial charge is 0.363 e. The van der Waals surface area contributed by atoms with Crippen LogP contribution in [0.3, 0.4) is 0 Å². The van der Waals surface area contributed by atoms with Gasteiger partial charge in [0.15, 0.2) is 0 Å². The zero-order valence-corrected chi connectivity index (χ0v) is 15.3. The van der Waals surface area contributed by atoms with Crippen LogP contribution in [0.15, 0.2) is 0 Å². The molecule has 24 heavy (non-hydrogen) atoms. The van der Waals surface area contributed by atoms with Crippen molar-refractivity contribution in [1.29, 1.82) is 0 Å². The van der Waals surface area contributed by atoms with E-state index in [2.05, 4.69) is 11.7 Å². The summed E-state index contributed by atoms with van der Waals surface area (Å²) in [6.07, 6.45) is 9.02. The number of ether oxygens (including phenoxy) is 2. The van der Waals surface area contributed by atoms with Crippen molar-refractivity contribution in [2.24, 2.45) is 11.8 Å². The normalized spacial score (nSPS) is 21.9. The Morgan fingerprint density at radius 2 is 1.92 bits per heavy atom. The third-order valence-electron chi connectivity index (χ3n) is 4.85. The second-order valence-electron chi connectivity index (χ2n) is 6.69. The van der Waals surface area contributed by atoms with Gasteiger partial charge >= 0.3 is 5.97 Å². The van der Waals surface area contributed by atoms with Gasteiger partial charge in [-0.05, 0) is 38.5 Å². The van der Waals surface area contributed by atoms with Gasteiger partial charge in [-0.3, -0.25) is 4.79 Å². The first kappa shape index (κ1) is 21.1. The summed E-state index contributed by atoms with van der Waals surface area (Å²) in [5.74, 6) is 0.445. The van der Waals surface area contributed by atoms with Crippen molar-refractivity contribution in [2.45, 2.75) is 84.3 Å². The number of unbranched alkanes of at least 4 members (excludes halogenated alkanes) is 4. The third-order valence-corrected chi connectivity index (χ3v) is 4.85. The average molecular weight is 342 g/mol. The molecule has 0 aromatic rings. The van der Waals surface area contributed by atoms with E-state index >= 15 is 0 Å². The van der Waals surface area contributed by atoms with Crippen LogP contribution in [0, 0.1) is 11.8 Å². The summed E-state index contributed by atoms with van der Waals surface area (Å²) in [6, 6.07) is 0. The number of Topliss-reactive ketones (excluding diaryl/α,β-unsaturated/α-hetero) is 1. The molecule has 5 nitrogen and oxygen atoms in total. The molecule has 1 rings (SSSR count). The van der Waals surface area contributed by atoms with Crippen LogP contribution in [-0.2, 0) is 19.1 Å². The number of rotatable bonds is 13. The van der Waals surface area contributed by atoms with Crippen molar-refractivity contribution in [3.05, 3.63) is 0 Å². The lowest BCUT2D eigenvalue weighted by atomic mass is 9.86. The molecule has 1 unspecified atom stereocenters. The molecule has 140 valence electrons. The fraction of sp³-hybridized carbons (Fsp3) is 0.895. The van der Waals surface area contributed by atoms with Crippen molar-refractivity contribution in [2.75, 3.05) is 13.2 Å². The lowest BCUT2D eigenvalue weighted by Crippen LogP contribution is -2.26. The van der Waals surface area contributed by atoms with Gasteiger partial charge in [0, 0.05) is 12.3 Å². The van der Waals surface area contributed by atoms with Gasteiger partial charge < -0.3 is 14.6 Å². The molecule has 3 atom stereocenters. The van der Waals surface area contributed by atoms with Gasteiger partial charge in [-0.25, -0.2) is 4.79 Å². The molecule has 5 heteroatoms. The van der Waals surface area contributed by atoms with Gasteiger partial charge in [-0.1, -0.05) is 39.0 Å². The number of aliphatic hydroxyl groups excluding tert-OH is 1.